The van der Waals surface area contributed by atoms with E-state index < -0.39 is 151 Å². The molecule has 0 radical (unpaired) electrons. The first kappa shape index (κ1) is 62.4. The lowest BCUT2D eigenvalue weighted by Gasteiger charge is -2.33. The lowest BCUT2D eigenvalue weighted by Crippen LogP contribution is -2.60. The quantitative estimate of drug-likeness (QED) is 0.0195. The van der Waals surface area contributed by atoms with Gasteiger partial charge in [0.2, 0.25) is 65.0 Å². The smallest absolute Gasteiger partial charge is 0.326 e. The number of benzene rings is 1. The molecule has 2 fully saturated rings. The number of aliphatic carboxylic acids is 1. The summed E-state index contributed by atoms with van der Waals surface area (Å²) < 4.78 is 0. The molecule has 28 heteroatoms. The Kier molecular flexibility index (Phi) is 25.0. The maximum atomic E-state index is 14.3. The summed E-state index contributed by atoms with van der Waals surface area (Å²) in [4.78, 5) is 160. The summed E-state index contributed by atoms with van der Waals surface area (Å²) in [5.41, 5.74) is 22.9. The molecule has 420 valence electrons. The van der Waals surface area contributed by atoms with Crippen LogP contribution in [0.2, 0.25) is 0 Å². The van der Waals surface area contributed by atoms with Crippen molar-refractivity contribution >= 4 is 76.9 Å². The van der Waals surface area contributed by atoms with E-state index in [2.05, 4.69) is 42.5 Å². The van der Waals surface area contributed by atoms with Crippen LogP contribution in [0.1, 0.15) is 91.0 Å². The number of carboxylic acid groups (broad SMARTS) is 1. The Morgan fingerprint density at radius 2 is 1.17 bits per heavy atom. The Morgan fingerprint density at radius 3 is 1.70 bits per heavy atom. The van der Waals surface area contributed by atoms with Crippen LogP contribution in [0.15, 0.2) is 30.3 Å². The van der Waals surface area contributed by atoms with Crippen molar-refractivity contribution in [2.75, 3.05) is 32.7 Å². The molecule has 1 aromatic rings. The van der Waals surface area contributed by atoms with E-state index in [1.54, 1.807) is 39.8 Å². The van der Waals surface area contributed by atoms with Crippen LogP contribution in [0.25, 0.3) is 0 Å². The van der Waals surface area contributed by atoms with Crippen LogP contribution in [-0.2, 0) is 64.0 Å². The molecule has 2 aliphatic heterocycles. The van der Waals surface area contributed by atoms with E-state index in [0.717, 1.165) is 10.5 Å². The zero-order valence-electron chi connectivity index (χ0n) is 43.3. The van der Waals surface area contributed by atoms with Gasteiger partial charge in [-0.25, -0.2) is 4.79 Å². The topological polar surface area (TPSA) is 456 Å². The normalized spacial score (nSPS) is 17.4. The van der Waals surface area contributed by atoms with E-state index in [4.69, 9.17) is 28.3 Å². The predicted molar refractivity (Wildman–Crippen MR) is 272 cm³/mol. The van der Waals surface area contributed by atoms with Crippen LogP contribution < -0.4 is 65.5 Å². The summed E-state index contributed by atoms with van der Waals surface area (Å²) in [6.45, 7) is 5.69. The van der Waals surface area contributed by atoms with Crippen molar-refractivity contribution in [1.29, 1.82) is 5.41 Å². The van der Waals surface area contributed by atoms with E-state index in [0.29, 0.717) is 6.42 Å². The fourth-order valence-electron chi connectivity index (χ4n) is 8.57. The molecule has 0 aromatic heterocycles. The fraction of sp³-hybridized carbons (Fsp3) is 0.604. The largest absolute Gasteiger partial charge is 0.480 e. The zero-order chi connectivity index (χ0) is 56.8. The van der Waals surface area contributed by atoms with Gasteiger partial charge < -0.3 is 80.4 Å². The fourth-order valence-corrected chi connectivity index (χ4v) is 8.57. The first-order chi connectivity index (χ1) is 35.8. The van der Waals surface area contributed by atoms with Crippen LogP contribution >= 0.6 is 0 Å². The van der Waals surface area contributed by atoms with Crippen molar-refractivity contribution < 1.29 is 62.6 Å². The van der Waals surface area contributed by atoms with Crippen LogP contribution in [0.3, 0.4) is 0 Å². The Hall–Kier alpha value is -7.91. The minimum absolute atomic E-state index is 0.0124. The average Bonchev–Trinajstić information content (AvgIpc) is 4.06. The van der Waals surface area contributed by atoms with Gasteiger partial charge in [-0.1, -0.05) is 58.0 Å². The third-order valence-corrected chi connectivity index (χ3v) is 12.6. The van der Waals surface area contributed by atoms with Crippen LogP contribution in [0, 0.1) is 17.2 Å². The summed E-state index contributed by atoms with van der Waals surface area (Å²) in [5, 5.41) is 36.5. The first-order valence-corrected chi connectivity index (χ1v) is 25.1. The Bertz CT molecular complexity index is 2280. The third kappa shape index (κ3) is 20.1. The molecule has 2 heterocycles. The number of likely N-dealkylation sites (tertiary alicyclic amines) is 2. The molecule has 3 rings (SSSR count). The molecule has 8 atom stereocenters. The van der Waals surface area contributed by atoms with Gasteiger partial charge in [0.1, 0.15) is 42.3 Å². The molecular formula is C48H75N15O13. The van der Waals surface area contributed by atoms with Gasteiger partial charge in [0.05, 0.1) is 25.6 Å². The maximum Gasteiger partial charge on any atom is 0.326 e. The van der Waals surface area contributed by atoms with E-state index >= 15 is 0 Å². The molecule has 1 aromatic carbocycles. The van der Waals surface area contributed by atoms with Gasteiger partial charge in [0.15, 0.2) is 5.96 Å². The number of guanidine groups is 1. The van der Waals surface area contributed by atoms with Gasteiger partial charge in [0, 0.05) is 26.1 Å². The number of amides is 11. The van der Waals surface area contributed by atoms with Gasteiger partial charge >= 0.3 is 5.97 Å². The SMILES string of the molecule is CC(C)[C@H](NC(=O)CNC(=O)[C@@H](N)Cc1ccccc1)C(=O)N[C@H](C(=O)N1CCC[C@H]1C(=O)N[C@@H](CCC(N)=O)C(=O)N1CCC[C@H]1C(=O)N[C@@H](CC(N)=O)C(=O)NCC(=O)N[C@@H](CCCNC(=N)N)C(=O)O)C(C)C. The monoisotopic (exact) mass is 1070 g/mol. The standard InChI is InChI=1S/C48H75N15O13/c1-25(2)38(60-37(67)24-55-40(68)28(49)21-27-11-6-5-7-12-27)44(72)61-39(26(3)4)46(74)63-20-10-15-33(63)42(70)58-29(16-17-34(50)64)45(73)62-19-9-14-32(62)43(71)59-31(22-35(51)65)41(69)56-23-36(66)57-30(47(75)76)13-8-18-54-48(52)53/h5-7,11-12,25-26,28-33,38-39H,8-10,13-24,49H2,1-4H3,(H2,50,64)(H2,51,65)(H,55,68)(H,56,69)(H,57,66)(H,58,70)(H,59,71)(H,60,67)(H,61,72)(H,75,76)(H4,52,53,54)/t28-,29-,30-,31-,32-,33-,38-,39-/m0/s1. The summed E-state index contributed by atoms with van der Waals surface area (Å²) in [5.74, 6) is -11.6. The summed E-state index contributed by atoms with van der Waals surface area (Å²) in [6, 6.07) is -1.08. The summed E-state index contributed by atoms with van der Waals surface area (Å²) in [7, 11) is 0. The van der Waals surface area contributed by atoms with Crippen molar-refractivity contribution in [1.82, 2.24) is 52.3 Å². The number of hydrogen-bond donors (Lipinski definition) is 14. The number of carbonyl (C=O) groups excluding carboxylic acids is 11. The van der Waals surface area contributed by atoms with Crippen molar-refractivity contribution in [3.8, 4) is 0 Å². The van der Waals surface area contributed by atoms with Crippen LogP contribution in [0.4, 0.5) is 0 Å². The van der Waals surface area contributed by atoms with Crippen molar-refractivity contribution in [2.24, 2.45) is 34.8 Å². The van der Waals surface area contributed by atoms with E-state index in [1.165, 1.54) is 4.90 Å². The molecule has 28 nitrogen and oxygen atoms in total. The van der Waals surface area contributed by atoms with E-state index in [9.17, 15) is 62.6 Å². The zero-order valence-corrected chi connectivity index (χ0v) is 43.3. The molecule has 18 N–H and O–H groups in total. The summed E-state index contributed by atoms with van der Waals surface area (Å²) in [6.07, 6.45) is -0.190. The highest BCUT2D eigenvalue weighted by atomic mass is 16.4. The molecule has 0 bridgehead atoms. The first-order valence-electron chi connectivity index (χ1n) is 25.1. The molecule has 2 saturated heterocycles. The highest BCUT2D eigenvalue weighted by Crippen LogP contribution is 2.24. The average molecular weight is 1070 g/mol. The molecule has 2 aliphatic rings. The number of primary amides is 2. The van der Waals surface area contributed by atoms with Crippen LogP contribution in [0.5, 0.6) is 0 Å². The number of rotatable bonds is 30. The molecule has 11 amide bonds. The van der Waals surface area contributed by atoms with Gasteiger partial charge in [-0.15, -0.1) is 0 Å². The van der Waals surface area contributed by atoms with Crippen LogP contribution in [-0.4, -0.2) is 173 Å². The highest BCUT2D eigenvalue weighted by molar-refractivity contribution is 5.99. The summed E-state index contributed by atoms with van der Waals surface area (Å²) >= 11 is 0. The second-order valence-electron chi connectivity index (χ2n) is 19.4. The van der Waals surface area contributed by atoms with Gasteiger partial charge in [0.25, 0.3) is 0 Å². The molecule has 0 aliphatic carbocycles. The Labute approximate surface area is 439 Å². The molecule has 0 saturated carbocycles. The molecular weight excluding hydrogens is 995 g/mol. The molecule has 0 unspecified atom stereocenters. The number of nitrogens with two attached hydrogens (primary N) is 4. The highest BCUT2D eigenvalue weighted by Gasteiger charge is 2.43. The lowest BCUT2D eigenvalue weighted by atomic mass is 9.99. The minimum atomic E-state index is -1.65. The number of carbonyl (C=O) groups is 12. The minimum Gasteiger partial charge on any atom is -0.480 e. The maximum absolute atomic E-state index is 14.3. The molecule has 76 heavy (non-hydrogen) atoms. The van der Waals surface area contributed by atoms with Crippen molar-refractivity contribution in [3.05, 3.63) is 35.9 Å². The van der Waals surface area contributed by atoms with E-state index in [1.807, 2.05) is 18.2 Å². The van der Waals surface area contributed by atoms with Crippen molar-refractivity contribution in [2.45, 2.75) is 140 Å². The lowest BCUT2D eigenvalue weighted by molar-refractivity contribution is -0.145. The second kappa shape index (κ2) is 30.5. The number of carboxylic acids is 1. The van der Waals surface area contributed by atoms with Gasteiger partial charge in [-0.3, -0.25) is 58.1 Å². The van der Waals surface area contributed by atoms with Crippen molar-refractivity contribution in [3.63, 3.8) is 0 Å². The Morgan fingerprint density at radius 1 is 0.632 bits per heavy atom. The van der Waals surface area contributed by atoms with E-state index in [-0.39, 0.29) is 77.0 Å². The third-order valence-electron chi connectivity index (χ3n) is 12.6. The molecule has 0 spiro atoms. The number of nitrogens with zero attached hydrogens (tertiary/aromatic N) is 2. The number of nitrogens with one attached hydrogen (secondary N) is 9. The Balaban J connectivity index is 1.69. The van der Waals surface area contributed by atoms with Gasteiger partial charge in [-0.05, 0) is 68.8 Å². The number of hydrogen-bond acceptors (Lipinski definition) is 14. The second-order valence-corrected chi connectivity index (χ2v) is 19.4. The predicted octanol–water partition coefficient (Wildman–Crippen LogP) is -5.00. The van der Waals surface area contributed by atoms with Gasteiger partial charge in [-0.2, -0.15) is 0 Å².